The van der Waals surface area contributed by atoms with Gasteiger partial charge < -0.3 is 4.74 Å². The Labute approximate surface area is 166 Å². The molecule has 1 atom stereocenters. The lowest BCUT2D eigenvalue weighted by atomic mass is 10.00. The van der Waals surface area contributed by atoms with E-state index in [0.717, 1.165) is 0 Å². The highest BCUT2D eigenvalue weighted by Gasteiger charge is 2.09. The van der Waals surface area contributed by atoms with Gasteiger partial charge in [0.25, 0.3) is 0 Å². The van der Waals surface area contributed by atoms with Gasteiger partial charge in [-0.25, -0.2) is 4.79 Å². The maximum Gasteiger partial charge on any atom is 0.339 e. The normalized spacial score (nSPS) is 11.0. The van der Waals surface area contributed by atoms with Crippen molar-refractivity contribution < 1.29 is 9.53 Å². The zero-order valence-corrected chi connectivity index (χ0v) is 16.2. The van der Waals surface area contributed by atoms with Crippen LogP contribution in [0, 0.1) is 11.8 Å². The first-order valence-electron chi connectivity index (χ1n) is 8.58. The number of nitrogens with one attached hydrogen (secondary N) is 1. The molecule has 0 spiro atoms. The van der Waals surface area contributed by atoms with E-state index < -0.39 is 0 Å². The van der Waals surface area contributed by atoms with Gasteiger partial charge in [0.1, 0.15) is 0 Å². The van der Waals surface area contributed by atoms with Crippen LogP contribution in [0.4, 0.5) is 0 Å². The molecule has 0 amide bonds. The maximum absolute atomic E-state index is 11.8. The van der Waals surface area contributed by atoms with Gasteiger partial charge in [-0.05, 0) is 35.4 Å². The molecule has 1 N–H and O–H groups in total. The average molecular weight is 380 g/mol. The van der Waals surface area contributed by atoms with Crippen molar-refractivity contribution in [2.45, 2.75) is 13.0 Å². The molecule has 138 valence electrons. The van der Waals surface area contributed by atoms with E-state index >= 15 is 0 Å². The first kappa shape index (κ1) is 20.5. The van der Waals surface area contributed by atoms with E-state index in [9.17, 15) is 4.79 Å². The van der Waals surface area contributed by atoms with Gasteiger partial charge >= 0.3 is 5.97 Å². The molecule has 0 saturated carbocycles. The first-order valence-corrected chi connectivity index (χ1v) is 8.58. The summed E-state index contributed by atoms with van der Waals surface area (Å²) in [6.07, 6.45) is 0. The monoisotopic (exact) mass is 379 g/mol. The van der Waals surface area contributed by atoms with E-state index in [2.05, 4.69) is 66.5 Å². The summed E-state index contributed by atoms with van der Waals surface area (Å²) in [6, 6.07) is 22.1. The molecule has 0 aliphatic rings. The Morgan fingerprint density at radius 1 is 1.04 bits per heavy atom. The number of methoxy groups -OCH3 is 1. The molecular formula is C23H22ClNO2. The summed E-state index contributed by atoms with van der Waals surface area (Å²) in [6.45, 7) is 2.66. The lowest BCUT2D eigenvalue weighted by Gasteiger charge is -2.15. The van der Waals surface area contributed by atoms with E-state index in [1.807, 2.05) is 12.1 Å². The van der Waals surface area contributed by atoms with Gasteiger partial charge in [-0.2, -0.15) is 0 Å². The number of hydrogen-bond donors (Lipinski definition) is 1. The number of esters is 1. The van der Waals surface area contributed by atoms with Crippen molar-refractivity contribution in [3.8, 4) is 11.8 Å². The van der Waals surface area contributed by atoms with E-state index in [0.29, 0.717) is 17.7 Å². The fourth-order valence-corrected chi connectivity index (χ4v) is 2.96. The molecule has 0 heterocycles. The van der Waals surface area contributed by atoms with Gasteiger partial charge in [-0.15, -0.1) is 12.4 Å². The van der Waals surface area contributed by atoms with Crippen LogP contribution in [-0.2, 0) is 4.74 Å². The molecule has 0 unspecified atom stereocenters. The lowest BCUT2D eigenvalue weighted by molar-refractivity contribution is 0.0600. The van der Waals surface area contributed by atoms with Crippen molar-refractivity contribution in [3.05, 3.63) is 83.4 Å². The molecule has 3 rings (SSSR count). The van der Waals surface area contributed by atoms with E-state index in [-0.39, 0.29) is 24.4 Å². The second-order valence-electron chi connectivity index (χ2n) is 6.01. The molecule has 3 nitrogen and oxygen atoms in total. The predicted molar refractivity (Wildman–Crippen MR) is 112 cm³/mol. The lowest BCUT2D eigenvalue weighted by Crippen LogP contribution is -2.19. The number of benzene rings is 3. The van der Waals surface area contributed by atoms with Crippen molar-refractivity contribution in [1.29, 1.82) is 0 Å². The Morgan fingerprint density at radius 2 is 1.74 bits per heavy atom. The largest absolute Gasteiger partial charge is 0.465 e. The Hall–Kier alpha value is -2.80. The van der Waals surface area contributed by atoms with E-state index in [4.69, 9.17) is 4.74 Å². The minimum Gasteiger partial charge on any atom is -0.465 e. The van der Waals surface area contributed by atoms with Crippen LogP contribution in [0.1, 0.15) is 34.5 Å². The smallest absolute Gasteiger partial charge is 0.339 e. The van der Waals surface area contributed by atoms with Crippen LogP contribution in [-0.4, -0.2) is 19.6 Å². The third kappa shape index (κ3) is 4.89. The zero-order chi connectivity index (χ0) is 18.4. The number of carbonyl (C=O) groups is 1. The summed E-state index contributed by atoms with van der Waals surface area (Å²) in [5.41, 5.74) is 2.42. The summed E-state index contributed by atoms with van der Waals surface area (Å²) in [4.78, 5) is 11.8. The van der Waals surface area contributed by atoms with Crippen LogP contribution >= 0.6 is 12.4 Å². The van der Waals surface area contributed by atoms with Crippen molar-refractivity contribution >= 4 is 29.1 Å². The summed E-state index contributed by atoms with van der Waals surface area (Å²) in [5, 5.41) is 5.92. The number of carbonyl (C=O) groups excluding carboxylic acids is 1. The number of halogens is 1. The molecule has 27 heavy (non-hydrogen) atoms. The van der Waals surface area contributed by atoms with Crippen molar-refractivity contribution in [3.63, 3.8) is 0 Å². The van der Waals surface area contributed by atoms with Gasteiger partial charge in [0.05, 0.1) is 19.2 Å². The highest BCUT2D eigenvalue weighted by Crippen LogP contribution is 2.23. The average Bonchev–Trinajstić information content (AvgIpc) is 2.70. The van der Waals surface area contributed by atoms with Crippen LogP contribution < -0.4 is 5.32 Å². The van der Waals surface area contributed by atoms with Gasteiger partial charge in [-0.1, -0.05) is 66.4 Å². The summed E-state index contributed by atoms with van der Waals surface area (Å²) in [7, 11) is 1.37. The Balaban J connectivity index is 0.00000261. The second kappa shape index (κ2) is 9.78. The molecular weight excluding hydrogens is 358 g/mol. The quantitative estimate of drug-likeness (QED) is 0.525. The first-order chi connectivity index (χ1) is 12.7. The number of ether oxygens (including phenoxy) is 1. The SMILES string of the molecule is COC(=O)c1ccccc1C#CCN[C@H](C)c1cccc2ccccc12.Cl. The third-order valence-corrected chi connectivity index (χ3v) is 4.34. The Bertz CT molecular complexity index is 983. The van der Waals surface area contributed by atoms with Gasteiger partial charge in [-0.3, -0.25) is 5.32 Å². The Kier molecular flexibility index (Phi) is 7.43. The molecule has 0 aliphatic carbocycles. The number of rotatable bonds is 4. The summed E-state index contributed by atoms with van der Waals surface area (Å²) in [5.74, 6) is 5.79. The molecule has 0 saturated heterocycles. The van der Waals surface area contributed by atoms with Gasteiger partial charge in [0.2, 0.25) is 0 Å². The molecule has 0 bridgehead atoms. The molecule has 3 aromatic rings. The molecule has 4 heteroatoms. The van der Waals surface area contributed by atoms with Crippen molar-refractivity contribution in [1.82, 2.24) is 5.32 Å². The molecule has 3 aromatic carbocycles. The predicted octanol–water partition coefficient (Wildman–Crippen LogP) is 4.75. The van der Waals surface area contributed by atoms with Crippen LogP contribution in [0.5, 0.6) is 0 Å². The van der Waals surface area contributed by atoms with E-state index in [1.165, 1.54) is 23.4 Å². The topological polar surface area (TPSA) is 38.3 Å². The molecule has 0 radical (unpaired) electrons. The number of fused-ring (bicyclic) bond motifs is 1. The molecule has 0 aliphatic heterocycles. The standard InChI is InChI=1S/C23H21NO2.ClH/c1-17(20-15-7-11-18-9-3-5-13-21(18)20)24-16-8-12-19-10-4-6-14-22(19)23(25)26-2;/h3-7,9-11,13-15,17,24H,16H2,1-2H3;1H/t17-;/m1./s1. The highest BCUT2D eigenvalue weighted by molar-refractivity contribution is 5.92. The summed E-state index contributed by atoms with van der Waals surface area (Å²) >= 11 is 0. The minimum absolute atomic E-state index is 0. The molecule has 0 aromatic heterocycles. The van der Waals surface area contributed by atoms with Gasteiger partial charge in [0.15, 0.2) is 0 Å². The van der Waals surface area contributed by atoms with Crippen LogP contribution in [0.3, 0.4) is 0 Å². The van der Waals surface area contributed by atoms with E-state index in [1.54, 1.807) is 12.1 Å². The van der Waals surface area contributed by atoms with Gasteiger partial charge in [0, 0.05) is 11.6 Å². The summed E-state index contributed by atoms with van der Waals surface area (Å²) < 4.78 is 4.80. The molecule has 0 fully saturated rings. The van der Waals surface area contributed by atoms with Crippen molar-refractivity contribution in [2.24, 2.45) is 0 Å². The van der Waals surface area contributed by atoms with Crippen LogP contribution in [0.25, 0.3) is 10.8 Å². The van der Waals surface area contributed by atoms with Crippen LogP contribution in [0.2, 0.25) is 0 Å². The number of hydrogen-bond acceptors (Lipinski definition) is 3. The second-order valence-corrected chi connectivity index (χ2v) is 6.01. The van der Waals surface area contributed by atoms with Crippen LogP contribution in [0.15, 0.2) is 66.7 Å². The maximum atomic E-state index is 11.8. The zero-order valence-electron chi connectivity index (χ0n) is 15.4. The fourth-order valence-electron chi connectivity index (χ4n) is 2.96. The third-order valence-electron chi connectivity index (χ3n) is 4.34. The highest BCUT2D eigenvalue weighted by atomic mass is 35.5. The Morgan fingerprint density at radius 3 is 2.56 bits per heavy atom. The fraction of sp³-hybridized carbons (Fsp3) is 0.174. The minimum atomic E-state index is -0.369. The van der Waals surface area contributed by atoms with Crippen molar-refractivity contribution in [2.75, 3.05) is 13.7 Å².